The Morgan fingerprint density at radius 3 is 2.83 bits per heavy atom. The molecule has 2 aromatic carbocycles. The molecule has 0 aliphatic heterocycles. The predicted octanol–water partition coefficient (Wildman–Crippen LogP) is 4.99. The second-order valence-corrected chi connectivity index (χ2v) is 8.54. The van der Waals surface area contributed by atoms with Crippen molar-refractivity contribution in [1.29, 1.82) is 0 Å². The summed E-state index contributed by atoms with van der Waals surface area (Å²) < 4.78 is 11.8. The highest BCUT2D eigenvalue weighted by atomic mass is 16.5. The summed E-state index contributed by atoms with van der Waals surface area (Å²) in [4.78, 5) is 18.0. The van der Waals surface area contributed by atoms with Crippen molar-refractivity contribution in [2.24, 2.45) is 11.3 Å². The second-order valence-electron chi connectivity index (χ2n) is 8.54. The van der Waals surface area contributed by atoms with Gasteiger partial charge in [-0.25, -0.2) is 4.79 Å². The third kappa shape index (κ3) is 3.99. The van der Waals surface area contributed by atoms with E-state index in [9.17, 15) is 4.79 Å². The van der Waals surface area contributed by atoms with E-state index < -0.39 is 5.97 Å². The zero-order chi connectivity index (χ0) is 20.6. The zero-order valence-electron chi connectivity index (χ0n) is 16.9. The maximum absolute atomic E-state index is 11.1. The van der Waals surface area contributed by atoms with E-state index >= 15 is 0 Å². The summed E-state index contributed by atoms with van der Waals surface area (Å²) in [5.74, 6) is 0.493. The molecule has 3 aromatic rings. The molecule has 0 amide bonds. The molecule has 2 aliphatic rings. The van der Waals surface area contributed by atoms with E-state index in [1.54, 1.807) is 24.3 Å². The Labute approximate surface area is 175 Å². The van der Waals surface area contributed by atoms with Gasteiger partial charge in [0.2, 0.25) is 0 Å². The number of nitrogens with zero attached hydrogens (tertiary/aromatic N) is 2. The average molecular weight is 406 g/mol. The highest BCUT2D eigenvalue weighted by molar-refractivity contribution is 5.88. The number of para-hydroxylation sites is 2. The molecule has 1 aromatic heterocycles. The van der Waals surface area contributed by atoms with Crippen LogP contribution in [0.3, 0.4) is 0 Å². The molecule has 6 nitrogen and oxygen atoms in total. The molecule has 1 heterocycles. The van der Waals surface area contributed by atoms with Crippen molar-refractivity contribution in [3.05, 3.63) is 54.1 Å². The van der Waals surface area contributed by atoms with Crippen LogP contribution in [0.4, 0.5) is 6.01 Å². The minimum Gasteiger partial charge on any atom is -0.494 e. The van der Waals surface area contributed by atoms with Crippen LogP contribution in [0.25, 0.3) is 11.1 Å². The number of hydrogen-bond donors (Lipinski definition) is 1. The van der Waals surface area contributed by atoms with Gasteiger partial charge < -0.3 is 19.2 Å². The average Bonchev–Trinajstić information content (AvgIpc) is 3.64. The van der Waals surface area contributed by atoms with Crippen molar-refractivity contribution in [2.75, 3.05) is 24.6 Å². The molecular formula is C24H26N2O4. The van der Waals surface area contributed by atoms with Crippen LogP contribution in [0.1, 0.15) is 42.5 Å². The van der Waals surface area contributed by atoms with E-state index in [1.165, 1.54) is 25.7 Å². The lowest BCUT2D eigenvalue weighted by molar-refractivity contribution is 0.0696. The van der Waals surface area contributed by atoms with Crippen LogP contribution >= 0.6 is 0 Å². The van der Waals surface area contributed by atoms with Crippen molar-refractivity contribution >= 4 is 23.1 Å². The molecule has 1 N–H and O–H groups in total. The number of rotatable bonds is 10. The van der Waals surface area contributed by atoms with Crippen LogP contribution in [0.2, 0.25) is 0 Å². The van der Waals surface area contributed by atoms with Crippen molar-refractivity contribution in [1.82, 2.24) is 4.98 Å². The van der Waals surface area contributed by atoms with Gasteiger partial charge in [-0.1, -0.05) is 18.2 Å². The molecule has 6 heteroatoms. The first-order chi connectivity index (χ1) is 14.6. The highest BCUT2D eigenvalue weighted by Gasteiger charge is 2.61. The summed E-state index contributed by atoms with van der Waals surface area (Å²) in [6, 6.07) is 15.1. The number of carboxylic acids is 1. The van der Waals surface area contributed by atoms with Crippen LogP contribution in [0.5, 0.6) is 5.75 Å². The van der Waals surface area contributed by atoms with Gasteiger partial charge in [0.15, 0.2) is 5.58 Å². The summed E-state index contributed by atoms with van der Waals surface area (Å²) in [5, 5.41) is 9.11. The quantitative estimate of drug-likeness (QED) is 0.478. The smallest absolute Gasteiger partial charge is 0.335 e. The van der Waals surface area contributed by atoms with Crippen LogP contribution in [-0.2, 0) is 0 Å². The Bertz CT molecular complexity index is 1020. The number of hydrogen-bond acceptors (Lipinski definition) is 5. The first kappa shape index (κ1) is 19.0. The maximum atomic E-state index is 11.1. The highest BCUT2D eigenvalue weighted by Crippen LogP contribution is 2.71. The van der Waals surface area contributed by atoms with Crippen molar-refractivity contribution < 1.29 is 19.1 Å². The minimum atomic E-state index is -0.948. The molecule has 0 saturated heterocycles. The van der Waals surface area contributed by atoms with Gasteiger partial charge in [-0.2, -0.15) is 4.98 Å². The Kier molecular flexibility index (Phi) is 4.85. The third-order valence-corrected chi connectivity index (χ3v) is 6.47. The van der Waals surface area contributed by atoms with Crippen LogP contribution in [0, 0.1) is 11.3 Å². The molecule has 5 rings (SSSR count). The number of ether oxygens (including phenoxy) is 1. The largest absolute Gasteiger partial charge is 0.494 e. The Morgan fingerprint density at radius 1 is 1.20 bits per heavy atom. The summed E-state index contributed by atoms with van der Waals surface area (Å²) in [5.41, 5.74) is 2.62. The molecule has 1 atom stereocenters. The molecule has 156 valence electrons. The van der Waals surface area contributed by atoms with Crippen LogP contribution < -0.4 is 9.64 Å². The van der Waals surface area contributed by atoms with Crippen LogP contribution in [0.15, 0.2) is 52.9 Å². The van der Waals surface area contributed by atoms with Gasteiger partial charge in [0.05, 0.1) is 12.2 Å². The molecule has 2 aliphatic carbocycles. The first-order valence-electron chi connectivity index (χ1n) is 10.7. The van der Waals surface area contributed by atoms with Gasteiger partial charge in [0.25, 0.3) is 6.01 Å². The van der Waals surface area contributed by atoms with E-state index in [1.807, 2.05) is 24.3 Å². The predicted molar refractivity (Wildman–Crippen MR) is 114 cm³/mol. The number of carbonyl (C=O) groups is 1. The number of benzene rings is 2. The SMILES string of the molecule is O=C(O)c1cccc(OCCCN(CCC2CC23CC3)c2nc3ccccc3o2)c1. The lowest BCUT2D eigenvalue weighted by atomic mass is 10.2. The Balaban J connectivity index is 1.20. The lowest BCUT2D eigenvalue weighted by Crippen LogP contribution is -2.27. The van der Waals surface area contributed by atoms with Gasteiger partial charge >= 0.3 is 5.97 Å². The van der Waals surface area contributed by atoms with E-state index in [-0.39, 0.29) is 5.56 Å². The third-order valence-electron chi connectivity index (χ3n) is 6.47. The summed E-state index contributed by atoms with van der Waals surface area (Å²) in [6.07, 6.45) is 6.18. The van der Waals surface area contributed by atoms with Gasteiger partial charge in [0, 0.05) is 13.1 Å². The summed E-state index contributed by atoms with van der Waals surface area (Å²) >= 11 is 0. The molecule has 0 bridgehead atoms. The molecule has 30 heavy (non-hydrogen) atoms. The molecule has 0 radical (unpaired) electrons. The minimum absolute atomic E-state index is 0.235. The van der Waals surface area contributed by atoms with E-state index in [0.29, 0.717) is 23.8 Å². The fourth-order valence-electron chi connectivity index (χ4n) is 4.39. The van der Waals surface area contributed by atoms with Crippen molar-refractivity contribution in [3.63, 3.8) is 0 Å². The van der Waals surface area contributed by atoms with E-state index in [4.69, 9.17) is 14.3 Å². The maximum Gasteiger partial charge on any atom is 0.335 e. The molecule has 1 spiro atoms. The van der Waals surface area contributed by atoms with Crippen LogP contribution in [-0.4, -0.2) is 35.8 Å². The van der Waals surface area contributed by atoms with Gasteiger partial charge in [-0.05, 0) is 73.8 Å². The second kappa shape index (κ2) is 7.67. The van der Waals surface area contributed by atoms with Gasteiger partial charge in [-0.15, -0.1) is 0 Å². The monoisotopic (exact) mass is 406 g/mol. The fourth-order valence-corrected chi connectivity index (χ4v) is 4.39. The van der Waals surface area contributed by atoms with Gasteiger partial charge in [0.1, 0.15) is 11.3 Å². The van der Waals surface area contributed by atoms with Crippen molar-refractivity contribution in [3.8, 4) is 5.75 Å². The topological polar surface area (TPSA) is 75.8 Å². The number of aromatic nitrogens is 1. The molecule has 2 saturated carbocycles. The number of oxazole rings is 1. The number of anilines is 1. The fraction of sp³-hybridized carbons (Fsp3) is 0.417. The standard InChI is InChI=1S/C24H26N2O4/c27-22(28)17-5-3-6-19(15-17)29-14-4-12-26(13-9-18-16-24(18)10-11-24)23-25-20-7-1-2-8-21(20)30-23/h1-3,5-8,15,18H,4,9-14,16H2,(H,27,28). The molecule has 2 fully saturated rings. The molecular weight excluding hydrogens is 380 g/mol. The Morgan fingerprint density at radius 2 is 2.07 bits per heavy atom. The number of fused-ring (bicyclic) bond motifs is 1. The lowest BCUT2D eigenvalue weighted by Gasteiger charge is -2.20. The molecule has 1 unspecified atom stereocenters. The summed E-state index contributed by atoms with van der Waals surface area (Å²) in [7, 11) is 0. The van der Waals surface area contributed by atoms with Gasteiger partial charge in [-0.3, -0.25) is 0 Å². The Hall–Kier alpha value is -3.02. The summed E-state index contributed by atoms with van der Waals surface area (Å²) in [6.45, 7) is 2.23. The number of carboxylic acid groups (broad SMARTS) is 1. The van der Waals surface area contributed by atoms with E-state index in [2.05, 4.69) is 9.88 Å². The van der Waals surface area contributed by atoms with E-state index in [0.717, 1.165) is 36.5 Å². The first-order valence-corrected chi connectivity index (χ1v) is 10.7. The zero-order valence-corrected chi connectivity index (χ0v) is 16.9. The number of aromatic carboxylic acids is 1. The normalized spacial score (nSPS) is 18.5. The van der Waals surface area contributed by atoms with Crippen molar-refractivity contribution in [2.45, 2.75) is 32.1 Å².